The van der Waals surface area contributed by atoms with Crippen LogP contribution in [0.3, 0.4) is 0 Å². The summed E-state index contributed by atoms with van der Waals surface area (Å²) in [4.78, 5) is 3.90. The summed E-state index contributed by atoms with van der Waals surface area (Å²) < 4.78 is 39.9. The maximum Gasteiger partial charge on any atom is 0.411 e. The van der Waals surface area contributed by atoms with Crippen LogP contribution >= 0.6 is 0 Å². The molecule has 1 unspecified atom stereocenters. The van der Waals surface area contributed by atoms with E-state index in [1.807, 2.05) is 0 Å². The molecule has 0 fully saturated rings. The summed E-state index contributed by atoms with van der Waals surface area (Å²) in [5, 5.41) is 0. The summed E-state index contributed by atoms with van der Waals surface area (Å²) in [6.07, 6.45) is -0.732. The molecule has 7 heteroatoms. The number of hydrogen-bond acceptors (Lipinski definition) is 4. The number of alkyl halides is 3. The molecule has 4 nitrogen and oxygen atoms in total. The maximum absolute atomic E-state index is 11.8. The maximum atomic E-state index is 11.8. The second kappa shape index (κ2) is 6.53. The molecule has 0 radical (unpaired) electrons. The average molecular weight is 249 g/mol. The van der Waals surface area contributed by atoms with Gasteiger partial charge in [-0.3, -0.25) is 16.3 Å². The number of halogens is 3. The lowest BCUT2D eigenvalue weighted by Crippen LogP contribution is -2.29. The van der Waals surface area contributed by atoms with Crippen molar-refractivity contribution in [3.8, 4) is 0 Å². The molecule has 0 bridgehead atoms. The zero-order chi connectivity index (χ0) is 12.7. The van der Waals surface area contributed by atoms with Crippen LogP contribution in [0.1, 0.15) is 18.0 Å². The van der Waals surface area contributed by atoms with Crippen molar-refractivity contribution in [1.29, 1.82) is 0 Å². The predicted octanol–water partition coefficient (Wildman–Crippen LogP) is 1.56. The Bertz CT molecular complexity index is 318. The van der Waals surface area contributed by atoms with Gasteiger partial charge in [0.15, 0.2) is 0 Å². The van der Waals surface area contributed by atoms with Gasteiger partial charge in [0.2, 0.25) is 0 Å². The van der Waals surface area contributed by atoms with Gasteiger partial charge >= 0.3 is 6.18 Å². The van der Waals surface area contributed by atoms with Crippen LogP contribution < -0.4 is 11.3 Å². The summed E-state index contributed by atoms with van der Waals surface area (Å²) in [6, 6.07) is 3.26. The molecule has 3 N–H and O–H groups in total. The summed E-state index contributed by atoms with van der Waals surface area (Å²) in [6.45, 7) is -1.26. The first-order valence-electron chi connectivity index (χ1n) is 5.03. The van der Waals surface area contributed by atoms with Crippen molar-refractivity contribution in [2.45, 2.75) is 18.6 Å². The Morgan fingerprint density at radius 1 is 1.47 bits per heavy atom. The van der Waals surface area contributed by atoms with Gasteiger partial charge in [-0.1, -0.05) is 6.07 Å². The summed E-state index contributed by atoms with van der Waals surface area (Å²) in [5.74, 6) is 5.32. The van der Waals surface area contributed by atoms with Gasteiger partial charge in [0.05, 0.1) is 0 Å². The van der Waals surface area contributed by atoms with Crippen LogP contribution in [0.5, 0.6) is 0 Å². The highest BCUT2D eigenvalue weighted by Gasteiger charge is 2.27. The van der Waals surface area contributed by atoms with Crippen LogP contribution in [-0.4, -0.2) is 24.4 Å². The molecule has 96 valence electrons. The van der Waals surface area contributed by atoms with E-state index in [-0.39, 0.29) is 12.6 Å². The smallest absolute Gasteiger partial charge is 0.372 e. The molecule has 1 atom stereocenters. The minimum absolute atomic E-state index is 0.0245. The van der Waals surface area contributed by atoms with E-state index < -0.39 is 12.8 Å². The van der Waals surface area contributed by atoms with Crippen molar-refractivity contribution in [3.05, 3.63) is 30.1 Å². The average Bonchev–Trinajstić information content (AvgIpc) is 2.29. The molecule has 1 aromatic heterocycles. The number of hydrogen-bond donors (Lipinski definition) is 2. The van der Waals surface area contributed by atoms with Crippen molar-refractivity contribution in [3.63, 3.8) is 0 Å². The third-order valence-electron chi connectivity index (χ3n) is 2.10. The highest BCUT2D eigenvalue weighted by molar-refractivity contribution is 5.13. The Hall–Kier alpha value is -1.18. The molecule has 0 aliphatic rings. The van der Waals surface area contributed by atoms with E-state index in [0.717, 1.165) is 5.56 Å². The first-order valence-corrected chi connectivity index (χ1v) is 5.03. The number of rotatable bonds is 6. The lowest BCUT2D eigenvalue weighted by atomic mass is 10.1. The fourth-order valence-electron chi connectivity index (χ4n) is 1.32. The van der Waals surface area contributed by atoms with E-state index in [2.05, 4.69) is 15.1 Å². The molecule has 1 heterocycles. The standard InChI is InChI=1S/C10H14F3N3O/c11-10(12,13)7-17-5-3-9(16-14)8-2-1-4-15-6-8/h1-2,4,6,9,16H,3,5,7,14H2. The SMILES string of the molecule is NNC(CCOCC(F)(F)F)c1cccnc1. The molecule has 0 saturated heterocycles. The molecule has 0 saturated carbocycles. The number of ether oxygens (including phenoxy) is 1. The molecule has 1 aromatic rings. The van der Waals surface area contributed by atoms with Gasteiger partial charge in [-0.05, 0) is 18.1 Å². The van der Waals surface area contributed by atoms with Crippen molar-refractivity contribution in [1.82, 2.24) is 10.4 Å². The van der Waals surface area contributed by atoms with Crippen LogP contribution in [0.15, 0.2) is 24.5 Å². The molecule has 0 aliphatic heterocycles. The molecular weight excluding hydrogens is 235 g/mol. The van der Waals surface area contributed by atoms with Crippen molar-refractivity contribution >= 4 is 0 Å². The molecule has 0 amide bonds. The van der Waals surface area contributed by atoms with Gasteiger partial charge in [-0.2, -0.15) is 13.2 Å². The van der Waals surface area contributed by atoms with Crippen molar-refractivity contribution in [2.24, 2.45) is 5.84 Å². The fourth-order valence-corrected chi connectivity index (χ4v) is 1.32. The third-order valence-corrected chi connectivity index (χ3v) is 2.10. The predicted molar refractivity (Wildman–Crippen MR) is 55.8 cm³/mol. The number of hydrazine groups is 1. The first-order chi connectivity index (χ1) is 8.03. The van der Waals surface area contributed by atoms with Crippen molar-refractivity contribution in [2.75, 3.05) is 13.2 Å². The van der Waals surface area contributed by atoms with Crippen molar-refractivity contribution < 1.29 is 17.9 Å². The van der Waals surface area contributed by atoms with Crippen LogP contribution in [0.2, 0.25) is 0 Å². The monoisotopic (exact) mass is 249 g/mol. The number of nitrogens with two attached hydrogens (primary N) is 1. The normalized spacial score (nSPS) is 13.6. The van der Waals surface area contributed by atoms with E-state index in [4.69, 9.17) is 5.84 Å². The molecule has 17 heavy (non-hydrogen) atoms. The minimum Gasteiger partial charge on any atom is -0.372 e. The zero-order valence-corrected chi connectivity index (χ0v) is 9.07. The Morgan fingerprint density at radius 3 is 2.76 bits per heavy atom. The Labute approximate surface area is 96.9 Å². The molecule has 1 rings (SSSR count). The van der Waals surface area contributed by atoms with E-state index in [1.165, 1.54) is 0 Å². The Kier molecular flexibility index (Phi) is 5.33. The largest absolute Gasteiger partial charge is 0.411 e. The van der Waals surface area contributed by atoms with Gasteiger partial charge in [0, 0.05) is 25.0 Å². The van der Waals surface area contributed by atoms with E-state index in [0.29, 0.717) is 6.42 Å². The number of nitrogens with one attached hydrogen (secondary N) is 1. The highest BCUT2D eigenvalue weighted by Crippen LogP contribution is 2.17. The Balaban J connectivity index is 2.34. The minimum atomic E-state index is -4.29. The van der Waals surface area contributed by atoms with Crippen LogP contribution in [0.4, 0.5) is 13.2 Å². The Morgan fingerprint density at radius 2 is 2.24 bits per heavy atom. The van der Waals surface area contributed by atoms with E-state index in [1.54, 1.807) is 24.5 Å². The highest BCUT2D eigenvalue weighted by atomic mass is 19.4. The van der Waals surface area contributed by atoms with Crippen LogP contribution in [0.25, 0.3) is 0 Å². The van der Waals surface area contributed by atoms with Crippen LogP contribution in [-0.2, 0) is 4.74 Å². The number of nitrogens with zero attached hydrogens (tertiary/aromatic N) is 1. The topological polar surface area (TPSA) is 60.2 Å². The molecule has 0 aromatic carbocycles. The van der Waals surface area contributed by atoms with Gasteiger partial charge in [-0.25, -0.2) is 0 Å². The first kappa shape index (κ1) is 13.9. The van der Waals surface area contributed by atoms with Gasteiger partial charge in [-0.15, -0.1) is 0 Å². The number of aromatic nitrogens is 1. The molecule has 0 aliphatic carbocycles. The summed E-state index contributed by atoms with van der Waals surface area (Å²) >= 11 is 0. The number of pyridine rings is 1. The molecular formula is C10H14F3N3O. The second-order valence-electron chi connectivity index (χ2n) is 3.46. The summed E-state index contributed by atoms with van der Waals surface area (Å²) in [5.41, 5.74) is 3.33. The zero-order valence-electron chi connectivity index (χ0n) is 9.07. The molecule has 0 spiro atoms. The quantitative estimate of drug-likeness (QED) is 0.456. The summed E-state index contributed by atoms with van der Waals surface area (Å²) in [7, 11) is 0. The third kappa shape index (κ3) is 5.62. The van der Waals surface area contributed by atoms with Gasteiger partial charge < -0.3 is 4.74 Å². The van der Waals surface area contributed by atoms with Crippen LogP contribution in [0, 0.1) is 0 Å². The fraction of sp³-hybridized carbons (Fsp3) is 0.500. The second-order valence-corrected chi connectivity index (χ2v) is 3.46. The van der Waals surface area contributed by atoms with Gasteiger partial charge in [0.1, 0.15) is 6.61 Å². The lowest BCUT2D eigenvalue weighted by molar-refractivity contribution is -0.174. The lowest BCUT2D eigenvalue weighted by Gasteiger charge is -2.16. The van der Waals surface area contributed by atoms with Gasteiger partial charge in [0.25, 0.3) is 0 Å². The van der Waals surface area contributed by atoms with E-state index in [9.17, 15) is 13.2 Å². The van der Waals surface area contributed by atoms with E-state index >= 15 is 0 Å².